The van der Waals surface area contributed by atoms with Gasteiger partial charge in [-0.1, -0.05) is 32.0 Å². The van der Waals surface area contributed by atoms with Crippen molar-refractivity contribution in [2.75, 3.05) is 66.1 Å². The molecule has 0 spiro atoms. The van der Waals surface area contributed by atoms with Gasteiger partial charge in [-0.3, -0.25) is 0 Å². The van der Waals surface area contributed by atoms with Gasteiger partial charge in [0.05, 0.1) is 64.0 Å². The SMILES string of the molecule is CC1(COCCCCOC(=O)c2ccc3c(C(=O)OCCCCOCC4(C)COC4)cccc3c2)COC1. The molecule has 0 unspecified atom stereocenters. The Morgan fingerprint density at radius 2 is 1.29 bits per heavy atom. The first-order valence-corrected chi connectivity index (χ1v) is 13.6. The van der Waals surface area contributed by atoms with E-state index in [1.807, 2.05) is 6.07 Å². The van der Waals surface area contributed by atoms with Crippen LogP contribution in [0.15, 0.2) is 36.4 Å². The van der Waals surface area contributed by atoms with Crippen LogP contribution in [0.2, 0.25) is 0 Å². The molecule has 0 aromatic heterocycles. The first kappa shape index (κ1) is 28.5. The summed E-state index contributed by atoms with van der Waals surface area (Å²) in [5, 5.41) is 1.54. The van der Waals surface area contributed by atoms with Crippen LogP contribution in [0.25, 0.3) is 10.8 Å². The topological polar surface area (TPSA) is 89.5 Å². The summed E-state index contributed by atoms with van der Waals surface area (Å²) in [6, 6.07) is 10.6. The molecule has 2 saturated heterocycles. The summed E-state index contributed by atoms with van der Waals surface area (Å²) < 4.78 is 32.8. The standard InChI is InChI=1S/C30H40O8/c1-29(19-35-20-29)17-33-12-3-5-14-37-27(31)24-10-11-25-23(16-24)8-7-9-26(25)28(32)38-15-6-4-13-34-18-30(2)21-36-22-30/h7-11,16H,3-6,12-15,17-22H2,1-2H3. The minimum atomic E-state index is -0.374. The van der Waals surface area contributed by atoms with E-state index in [-0.39, 0.29) is 22.8 Å². The smallest absolute Gasteiger partial charge is 0.338 e. The number of rotatable bonds is 16. The Hall–Kier alpha value is -2.52. The lowest BCUT2D eigenvalue weighted by Gasteiger charge is -2.37. The van der Waals surface area contributed by atoms with Crippen LogP contribution in [0.1, 0.15) is 60.2 Å². The number of carbonyl (C=O) groups is 2. The summed E-state index contributed by atoms with van der Waals surface area (Å²) in [5.74, 6) is -0.743. The molecule has 2 aliphatic rings. The summed E-state index contributed by atoms with van der Waals surface area (Å²) in [5.41, 5.74) is 1.24. The van der Waals surface area contributed by atoms with Gasteiger partial charge in [-0.25, -0.2) is 9.59 Å². The highest BCUT2D eigenvalue weighted by Crippen LogP contribution is 2.27. The van der Waals surface area contributed by atoms with Crippen LogP contribution in [-0.4, -0.2) is 78.0 Å². The molecule has 0 amide bonds. The van der Waals surface area contributed by atoms with Gasteiger partial charge in [0.1, 0.15) is 0 Å². The summed E-state index contributed by atoms with van der Waals surface area (Å²) in [6.45, 7) is 10.7. The average molecular weight is 529 g/mol. The Bertz CT molecular complexity index is 1070. The maximum absolute atomic E-state index is 12.7. The van der Waals surface area contributed by atoms with E-state index in [9.17, 15) is 9.59 Å². The van der Waals surface area contributed by atoms with E-state index in [0.29, 0.717) is 50.8 Å². The highest BCUT2D eigenvalue weighted by molar-refractivity contribution is 6.06. The number of benzene rings is 2. The van der Waals surface area contributed by atoms with E-state index in [1.54, 1.807) is 30.3 Å². The molecule has 208 valence electrons. The third-order valence-electron chi connectivity index (χ3n) is 6.87. The number of hydrogen-bond acceptors (Lipinski definition) is 8. The zero-order valence-corrected chi connectivity index (χ0v) is 22.6. The zero-order valence-electron chi connectivity index (χ0n) is 22.6. The lowest BCUT2D eigenvalue weighted by atomic mass is 9.90. The predicted octanol–water partition coefficient (Wildman–Crippen LogP) is 4.82. The predicted molar refractivity (Wildman–Crippen MR) is 142 cm³/mol. The molecule has 0 N–H and O–H groups in total. The normalized spacial score (nSPS) is 17.4. The van der Waals surface area contributed by atoms with Gasteiger partial charge in [0, 0.05) is 24.0 Å². The van der Waals surface area contributed by atoms with Gasteiger partial charge < -0.3 is 28.4 Å². The van der Waals surface area contributed by atoms with Crippen LogP contribution in [0.4, 0.5) is 0 Å². The third kappa shape index (κ3) is 7.99. The van der Waals surface area contributed by atoms with Gasteiger partial charge in [0.25, 0.3) is 0 Å². The molecule has 0 saturated carbocycles. The molecule has 0 atom stereocenters. The Labute approximate surface area is 224 Å². The van der Waals surface area contributed by atoms with Crippen LogP contribution in [-0.2, 0) is 28.4 Å². The van der Waals surface area contributed by atoms with E-state index in [2.05, 4.69) is 13.8 Å². The maximum atomic E-state index is 12.7. The molecule has 0 aliphatic carbocycles. The second-order valence-electron chi connectivity index (χ2n) is 11.1. The Kier molecular flexibility index (Phi) is 10.1. The van der Waals surface area contributed by atoms with E-state index >= 15 is 0 Å². The number of hydrogen-bond donors (Lipinski definition) is 0. The van der Waals surface area contributed by atoms with Crippen LogP contribution in [0, 0.1) is 10.8 Å². The zero-order chi connectivity index (χ0) is 26.8. The highest BCUT2D eigenvalue weighted by atomic mass is 16.5. The van der Waals surface area contributed by atoms with Crippen molar-refractivity contribution in [1.82, 2.24) is 0 Å². The van der Waals surface area contributed by atoms with Gasteiger partial charge >= 0.3 is 11.9 Å². The van der Waals surface area contributed by atoms with Crippen molar-refractivity contribution in [2.45, 2.75) is 39.5 Å². The molecule has 0 bridgehead atoms. The maximum Gasteiger partial charge on any atom is 0.338 e. The van der Waals surface area contributed by atoms with E-state index in [0.717, 1.165) is 62.9 Å². The first-order chi connectivity index (χ1) is 18.4. The van der Waals surface area contributed by atoms with E-state index in [1.165, 1.54) is 0 Å². The van der Waals surface area contributed by atoms with Crippen molar-refractivity contribution in [3.8, 4) is 0 Å². The lowest BCUT2D eigenvalue weighted by Crippen LogP contribution is -2.43. The van der Waals surface area contributed by atoms with E-state index < -0.39 is 0 Å². The molecule has 0 radical (unpaired) electrons. The molecule has 8 heteroatoms. The molecule has 38 heavy (non-hydrogen) atoms. The summed E-state index contributed by atoms with van der Waals surface area (Å²) in [4.78, 5) is 25.2. The number of ether oxygens (including phenoxy) is 6. The molecule has 4 rings (SSSR count). The highest BCUT2D eigenvalue weighted by Gasteiger charge is 2.34. The van der Waals surface area contributed by atoms with Crippen LogP contribution >= 0.6 is 0 Å². The monoisotopic (exact) mass is 528 g/mol. The summed E-state index contributed by atoms with van der Waals surface area (Å²) in [6.07, 6.45) is 3.13. The molecular weight excluding hydrogens is 488 g/mol. The third-order valence-corrected chi connectivity index (χ3v) is 6.87. The minimum absolute atomic E-state index is 0.150. The van der Waals surface area contributed by atoms with Crippen molar-refractivity contribution < 1.29 is 38.0 Å². The van der Waals surface area contributed by atoms with Crippen LogP contribution in [0.3, 0.4) is 0 Å². The van der Waals surface area contributed by atoms with Crippen molar-refractivity contribution in [3.05, 3.63) is 47.5 Å². The second-order valence-corrected chi connectivity index (χ2v) is 11.1. The molecule has 2 aliphatic heterocycles. The van der Waals surface area contributed by atoms with Gasteiger partial charge in [-0.2, -0.15) is 0 Å². The number of unbranched alkanes of at least 4 members (excludes halogenated alkanes) is 2. The van der Waals surface area contributed by atoms with Gasteiger partial charge in [0.15, 0.2) is 0 Å². The van der Waals surface area contributed by atoms with Crippen molar-refractivity contribution in [2.24, 2.45) is 10.8 Å². The van der Waals surface area contributed by atoms with E-state index in [4.69, 9.17) is 28.4 Å². The summed E-state index contributed by atoms with van der Waals surface area (Å²) in [7, 11) is 0. The first-order valence-electron chi connectivity index (χ1n) is 13.6. The Morgan fingerprint density at radius 3 is 1.84 bits per heavy atom. The quantitative estimate of drug-likeness (QED) is 0.226. The Morgan fingerprint density at radius 1 is 0.737 bits per heavy atom. The lowest BCUT2D eigenvalue weighted by molar-refractivity contribution is -0.138. The fourth-order valence-corrected chi connectivity index (χ4v) is 4.40. The van der Waals surface area contributed by atoms with Crippen molar-refractivity contribution in [3.63, 3.8) is 0 Å². The molecule has 2 heterocycles. The molecular formula is C30H40O8. The van der Waals surface area contributed by atoms with Crippen molar-refractivity contribution in [1.29, 1.82) is 0 Å². The van der Waals surface area contributed by atoms with Crippen molar-refractivity contribution >= 4 is 22.7 Å². The summed E-state index contributed by atoms with van der Waals surface area (Å²) >= 11 is 0. The van der Waals surface area contributed by atoms with Gasteiger partial charge in [-0.15, -0.1) is 0 Å². The molecule has 2 aromatic carbocycles. The molecule has 2 aromatic rings. The number of esters is 2. The second kappa shape index (κ2) is 13.5. The van der Waals surface area contributed by atoms with Crippen LogP contribution in [0.5, 0.6) is 0 Å². The van der Waals surface area contributed by atoms with Gasteiger partial charge in [0.2, 0.25) is 0 Å². The fourth-order valence-electron chi connectivity index (χ4n) is 4.40. The van der Waals surface area contributed by atoms with Crippen LogP contribution < -0.4 is 0 Å². The number of fused-ring (bicyclic) bond motifs is 1. The Balaban J connectivity index is 1.15. The van der Waals surface area contributed by atoms with Gasteiger partial charge in [-0.05, 0) is 54.7 Å². The molecule has 2 fully saturated rings. The fraction of sp³-hybridized carbons (Fsp3) is 0.600. The number of carbonyl (C=O) groups excluding carboxylic acids is 2. The molecule has 8 nitrogen and oxygen atoms in total. The largest absolute Gasteiger partial charge is 0.462 e. The minimum Gasteiger partial charge on any atom is -0.462 e. The average Bonchev–Trinajstić information content (AvgIpc) is 2.89.